The van der Waals surface area contributed by atoms with Crippen LogP contribution in [-0.2, 0) is 4.79 Å². The highest BCUT2D eigenvalue weighted by Crippen LogP contribution is 2.34. The highest BCUT2D eigenvalue weighted by atomic mass is 35.5. The zero-order chi connectivity index (χ0) is 14.3. The summed E-state index contributed by atoms with van der Waals surface area (Å²) in [4.78, 5) is 14.3. The summed E-state index contributed by atoms with van der Waals surface area (Å²) in [5.74, 6) is 0.208. The van der Waals surface area contributed by atoms with Crippen molar-refractivity contribution in [3.05, 3.63) is 23.2 Å². The minimum Gasteiger partial charge on any atom is -0.376 e. The third-order valence-electron chi connectivity index (χ3n) is 4.33. The topological polar surface area (TPSA) is 44.4 Å². The second kappa shape index (κ2) is 5.26. The number of benzene rings is 1. The van der Waals surface area contributed by atoms with Gasteiger partial charge in [0.1, 0.15) is 0 Å². The molecule has 0 saturated carbocycles. The molecule has 1 amide bonds. The summed E-state index contributed by atoms with van der Waals surface area (Å²) < 4.78 is 0. The molecule has 108 valence electrons. The number of halogens is 1. The van der Waals surface area contributed by atoms with Crippen molar-refractivity contribution < 1.29 is 4.79 Å². The fraction of sp³-hybridized carbons (Fsp3) is 0.533. The monoisotopic (exact) mass is 293 g/mol. The van der Waals surface area contributed by atoms with E-state index < -0.39 is 0 Å². The summed E-state index contributed by atoms with van der Waals surface area (Å²) in [5.41, 5.74) is 1.72. The average Bonchev–Trinajstić information content (AvgIpc) is 3.00. The van der Waals surface area contributed by atoms with Gasteiger partial charge in [-0.1, -0.05) is 11.6 Å². The first-order chi connectivity index (χ1) is 9.54. The van der Waals surface area contributed by atoms with E-state index in [1.165, 1.54) is 6.42 Å². The normalized spacial score (nSPS) is 27.6. The molecule has 2 fully saturated rings. The number of amides is 1. The minimum atomic E-state index is 0.0982. The maximum Gasteiger partial charge on any atom is 0.229 e. The maximum absolute atomic E-state index is 12.3. The minimum absolute atomic E-state index is 0.0982. The molecule has 3 atom stereocenters. The molecular weight excluding hydrogens is 274 g/mol. The zero-order valence-electron chi connectivity index (χ0n) is 11.8. The summed E-state index contributed by atoms with van der Waals surface area (Å²) in [6.07, 6.45) is 3.28. The summed E-state index contributed by atoms with van der Waals surface area (Å²) in [6, 6.07) is 6.54. The third kappa shape index (κ3) is 2.50. The standard InChI is InChI=1S/C15H20ClN3O/c1-19(2)14-6-4-10(8-12(14)16)18-15(20)11-7-9-3-5-13(11)17-9/h4,6,8-9,11,13,17H,3,5,7H2,1-2H3,(H,18,20). The van der Waals surface area contributed by atoms with Crippen LogP contribution >= 0.6 is 11.6 Å². The second-order valence-corrected chi connectivity index (χ2v) is 6.35. The lowest BCUT2D eigenvalue weighted by Gasteiger charge is -2.20. The van der Waals surface area contributed by atoms with E-state index in [2.05, 4.69) is 10.6 Å². The maximum atomic E-state index is 12.3. The Labute approximate surface area is 124 Å². The van der Waals surface area contributed by atoms with Crippen molar-refractivity contribution in [3.8, 4) is 0 Å². The molecule has 2 bridgehead atoms. The number of fused-ring (bicyclic) bond motifs is 2. The van der Waals surface area contributed by atoms with Crippen LogP contribution in [0, 0.1) is 5.92 Å². The van der Waals surface area contributed by atoms with E-state index in [1.807, 2.05) is 37.2 Å². The summed E-state index contributed by atoms with van der Waals surface area (Å²) >= 11 is 6.23. The number of rotatable bonds is 3. The fourth-order valence-electron chi connectivity index (χ4n) is 3.30. The number of hydrogen-bond donors (Lipinski definition) is 2. The largest absolute Gasteiger partial charge is 0.376 e. The van der Waals surface area contributed by atoms with Crippen LogP contribution in [0.1, 0.15) is 19.3 Å². The molecule has 1 aromatic carbocycles. The summed E-state index contributed by atoms with van der Waals surface area (Å²) in [5, 5.41) is 7.13. The zero-order valence-corrected chi connectivity index (χ0v) is 12.6. The van der Waals surface area contributed by atoms with Crippen LogP contribution in [0.3, 0.4) is 0 Å². The van der Waals surface area contributed by atoms with Gasteiger partial charge in [0.2, 0.25) is 5.91 Å². The molecule has 5 heteroatoms. The van der Waals surface area contributed by atoms with Gasteiger partial charge >= 0.3 is 0 Å². The predicted octanol–water partition coefficient (Wildman–Crippen LogP) is 2.49. The van der Waals surface area contributed by atoms with E-state index in [0.717, 1.165) is 24.2 Å². The summed E-state index contributed by atoms with van der Waals surface area (Å²) in [7, 11) is 3.89. The lowest BCUT2D eigenvalue weighted by atomic mass is 9.88. The quantitative estimate of drug-likeness (QED) is 0.900. The Morgan fingerprint density at radius 3 is 2.75 bits per heavy atom. The van der Waals surface area contributed by atoms with Crippen LogP contribution in [0.4, 0.5) is 11.4 Å². The van der Waals surface area contributed by atoms with Crippen LogP contribution in [0.15, 0.2) is 18.2 Å². The summed E-state index contributed by atoms with van der Waals surface area (Å²) in [6.45, 7) is 0. The molecule has 1 aromatic rings. The molecule has 2 aliphatic heterocycles. The first-order valence-corrected chi connectivity index (χ1v) is 7.46. The molecule has 0 spiro atoms. The van der Waals surface area contributed by atoms with Crippen LogP contribution in [-0.4, -0.2) is 32.1 Å². The molecule has 0 radical (unpaired) electrons. The second-order valence-electron chi connectivity index (χ2n) is 5.94. The Bertz CT molecular complexity index is 532. The van der Waals surface area contributed by atoms with Crippen LogP contribution in [0.5, 0.6) is 0 Å². The Morgan fingerprint density at radius 2 is 2.20 bits per heavy atom. The molecule has 2 aliphatic rings. The van der Waals surface area contributed by atoms with Crippen molar-refractivity contribution in [3.63, 3.8) is 0 Å². The Kier molecular flexibility index (Phi) is 3.61. The van der Waals surface area contributed by atoms with Crippen LogP contribution in [0.25, 0.3) is 0 Å². The Balaban J connectivity index is 1.69. The third-order valence-corrected chi connectivity index (χ3v) is 4.64. The van der Waals surface area contributed by atoms with Gasteiger partial charge in [-0.2, -0.15) is 0 Å². The number of carbonyl (C=O) groups excluding carboxylic acids is 1. The first-order valence-electron chi connectivity index (χ1n) is 7.08. The molecule has 3 rings (SSSR count). The van der Waals surface area contributed by atoms with Crippen LogP contribution < -0.4 is 15.5 Å². The van der Waals surface area contributed by atoms with Crippen molar-refractivity contribution in [2.24, 2.45) is 5.92 Å². The molecular formula is C15H20ClN3O. The highest BCUT2D eigenvalue weighted by molar-refractivity contribution is 6.33. The molecule has 4 nitrogen and oxygen atoms in total. The van der Waals surface area contributed by atoms with E-state index in [4.69, 9.17) is 11.6 Å². The van der Waals surface area contributed by atoms with Crippen LogP contribution in [0.2, 0.25) is 5.02 Å². The van der Waals surface area contributed by atoms with Gasteiger partial charge in [-0.15, -0.1) is 0 Å². The lowest BCUT2D eigenvalue weighted by Crippen LogP contribution is -2.32. The molecule has 3 unspecified atom stereocenters. The molecule has 2 saturated heterocycles. The lowest BCUT2D eigenvalue weighted by molar-refractivity contribution is -0.120. The molecule has 2 heterocycles. The van der Waals surface area contributed by atoms with E-state index >= 15 is 0 Å². The number of anilines is 2. The molecule has 0 aliphatic carbocycles. The fourth-order valence-corrected chi connectivity index (χ4v) is 3.65. The van der Waals surface area contributed by atoms with Gasteiger partial charge in [0, 0.05) is 31.9 Å². The van der Waals surface area contributed by atoms with Gasteiger partial charge in [0.15, 0.2) is 0 Å². The average molecular weight is 294 g/mol. The van der Waals surface area contributed by atoms with E-state index in [9.17, 15) is 4.79 Å². The van der Waals surface area contributed by atoms with Gasteiger partial charge in [-0.3, -0.25) is 4.79 Å². The van der Waals surface area contributed by atoms with Crippen molar-refractivity contribution in [2.45, 2.75) is 31.3 Å². The van der Waals surface area contributed by atoms with Gasteiger partial charge in [-0.05, 0) is 37.5 Å². The number of nitrogens with one attached hydrogen (secondary N) is 2. The van der Waals surface area contributed by atoms with Gasteiger partial charge in [-0.25, -0.2) is 0 Å². The van der Waals surface area contributed by atoms with Crippen molar-refractivity contribution in [2.75, 3.05) is 24.3 Å². The number of hydrogen-bond acceptors (Lipinski definition) is 3. The first kappa shape index (κ1) is 13.7. The molecule has 20 heavy (non-hydrogen) atoms. The Morgan fingerprint density at radius 1 is 1.40 bits per heavy atom. The number of nitrogens with zero attached hydrogens (tertiary/aromatic N) is 1. The van der Waals surface area contributed by atoms with Gasteiger partial charge in [0.05, 0.1) is 16.6 Å². The van der Waals surface area contributed by atoms with E-state index in [0.29, 0.717) is 17.1 Å². The van der Waals surface area contributed by atoms with Crippen molar-refractivity contribution in [1.82, 2.24) is 5.32 Å². The van der Waals surface area contributed by atoms with E-state index in [1.54, 1.807) is 0 Å². The van der Waals surface area contributed by atoms with E-state index in [-0.39, 0.29) is 11.8 Å². The predicted molar refractivity (Wildman–Crippen MR) is 82.5 cm³/mol. The van der Waals surface area contributed by atoms with Crippen molar-refractivity contribution >= 4 is 28.9 Å². The molecule has 2 N–H and O–H groups in total. The molecule has 0 aromatic heterocycles. The van der Waals surface area contributed by atoms with Crippen molar-refractivity contribution in [1.29, 1.82) is 0 Å². The highest BCUT2D eigenvalue weighted by Gasteiger charge is 2.42. The number of carbonyl (C=O) groups is 1. The van der Waals surface area contributed by atoms with Gasteiger partial charge in [0.25, 0.3) is 0 Å². The Hall–Kier alpha value is -1.26. The SMILES string of the molecule is CN(C)c1ccc(NC(=O)C2CC3CCC2N3)cc1Cl. The smallest absolute Gasteiger partial charge is 0.229 e. The van der Waals surface area contributed by atoms with Gasteiger partial charge < -0.3 is 15.5 Å².